The number of anilines is 1. The van der Waals surface area contributed by atoms with Crippen LogP contribution in [0.4, 0.5) is 5.13 Å². The van der Waals surface area contributed by atoms with E-state index in [2.05, 4.69) is 44.8 Å². The Hall–Kier alpha value is -2.70. The summed E-state index contributed by atoms with van der Waals surface area (Å²) in [5.41, 5.74) is 4.91. The minimum atomic E-state index is -0.0571. The van der Waals surface area contributed by atoms with Crippen LogP contribution in [0.15, 0.2) is 65.8 Å². The number of thioether (sulfide) groups is 1. The third-order valence-corrected chi connectivity index (χ3v) is 7.07. The number of hydrogen-bond acceptors (Lipinski definition) is 5. The number of fused-ring (bicyclic) bond motifs is 1. The van der Waals surface area contributed by atoms with E-state index >= 15 is 0 Å². The first-order chi connectivity index (χ1) is 14.9. The third-order valence-electron chi connectivity index (χ3n) is 4.82. The van der Waals surface area contributed by atoms with Crippen molar-refractivity contribution in [1.29, 1.82) is 0 Å². The molecule has 4 aromatic rings. The molecule has 0 radical (unpaired) electrons. The lowest BCUT2D eigenvalue weighted by Gasteiger charge is -2.20. The number of nitrogens with zero attached hydrogens (tertiary/aromatic N) is 3. The molecule has 31 heavy (non-hydrogen) atoms. The summed E-state index contributed by atoms with van der Waals surface area (Å²) in [5.74, 6) is -0.0571. The van der Waals surface area contributed by atoms with Crippen LogP contribution in [0.2, 0.25) is 0 Å². The number of rotatable bonds is 6. The molecule has 2 heterocycles. The third kappa shape index (κ3) is 4.97. The molecule has 4 nitrogen and oxygen atoms in total. The van der Waals surface area contributed by atoms with Gasteiger partial charge in [0.2, 0.25) is 0 Å². The van der Waals surface area contributed by atoms with E-state index in [4.69, 9.17) is 4.98 Å². The van der Waals surface area contributed by atoms with Crippen molar-refractivity contribution in [2.75, 3.05) is 4.90 Å². The van der Waals surface area contributed by atoms with E-state index in [1.165, 1.54) is 11.1 Å². The van der Waals surface area contributed by atoms with Gasteiger partial charge in [0, 0.05) is 28.1 Å². The normalized spacial score (nSPS) is 11.3. The maximum atomic E-state index is 13.6. The van der Waals surface area contributed by atoms with Gasteiger partial charge in [0.25, 0.3) is 5.91 Å². The number of carbonyl (C=O) groups is 1. The first-order valence-corrected chi connectivity index (χ1v) is 12.0. The maximum absolute atomic E-state index is 13.6. The molecule has 1 amide bonds. The molecular formula is C25H25N3OS2. The first kappa shape index (κ1) is 21.5. The fourth-order valence-electron chi connectivity index (χ4n) is 3.48. The van der Waals surface area contributed by atoms with Crippen LogP contribution in [-0.4, -0.2) is 21.1 Å². The zero-order valence-corrected chi connectivity index (χ0v) is 19.8. The molecule has 0 unspecified atom stereocenters. The van der Waals surface area contributed by atoms with Crippen molar-refractivity contribution < 1.29 is 4.79 Å². The number of thiazole rings is 1. The lowest BCUT2D eigenvalue weighted by atomic mass is 10.1. The Balaban J connectivity index is 1.72. The standard InChI is InChI=1S/C25H25N3OS2/c1-16(2)30-21-9-7-20(8-10-21)24(29)28(15-19-6-5-11-26-14-19)25-27-22-13-17(3)12-18(4)23(22)31-25/h5-14,16H,15H2,1-4H3. The minimum Gasteiger partial charge on any atom is -0.279 e. The zero-order valence-electron chi connectivity index (χ0n) is 18.1. The van der Waals surface area contributed by atoms with Crippen LogP contribution in [0.5, 0.6) is 0 Å². The smallest absolute Gasteiger partial charge is 0.260 e. The quantitative estimate of drug-likeness (QED) is 0.310. The highest BCUT2D eigenvalue weighted by atomic mass is 32.2. The molecule has 0 saturated heterocycles. The van der Waals surface area contributed by atoms with Crippen LogP contribution in [0.3, 0.4) is 0 Å². The summed E-state index contributed by atoms with van der Waals surface area (Å²) in [7, 11) is 0. The van der Waals surface area contributed by atoms with Gasteiger partial charge in [-0.3, -0.25) is 14.7 Å². The molecule has 4 rings (SSSR count). The second kappa shape index (κ2) is 9.20. The lowest BCUT2D eigenvalue weighted by Crippen LogP contribution is -2.30. The molecule has 6 heteroatoms. The first-order valence-electron chi connectivity index (χ1n) is 10.3. The number of amides is 1. The Morgan fingerprint density at radius 1 is 1.13 bits per heavy atom. The van der Waals surface area contributed by atoms with Gasteiger partial charge in [-0.05, 0) is 66.9 Å². The van der Waals surface area contributed by atoms with Crippen LogP contribution in [-0.2, 0) is 6.54 Å². The van der Waals surface area contributed by atoms with Gasteiger partial charge in [0.05, 0.1) is 16.8 Å². The van der Waals surface area contributed by atoms with Crippen molar-refractivity contribution in [3.63, 3.8) is 0 Å². The van der Waals surface area contributed by atoms with E-state index < -0.39 is 0 Å². The van der Waals surface area contributed by atoms with Gasteiger partial charge in [-0.25, -0.2) is 4.98 Å². The summed E-state index contributed by atoms with van der Waals surface area (Å²) < 4.78 is 1.12. The summed E-state index contributed by atoms with van der Waals surface area (Å²) in [6, 6.07) is 16.0. The number of benzene rings is 2. The second-order valence-corrected chi connectivity index (χ2v) is 10.5. The van der Waals surface area contributed by atoms with Crippen molar-refractivity contribution in [3.05, 3.63) is 83.2 Å². The van der Waals surface area contributed by atoms with E-state index in [0.717, 1.165) is 20.7 Å². The average Bonchev–Trinajstić information content (AvgIpc) is 3.16. The van der Waals surface area contributed by atoms with Gasteiger partial charge in [0.1, 0.15) is 0 Å². The lowest BCUT2D eigenvalue weighted by molar-refractivity contribution is 0.0985. The number of aryl methyl sites for hydroxylation is 2. The van der Waals surface area contributed by atoms with E-state index in [-0.39, 0.29) is 5.91 Å². The minimum absolute atomic E-state index is 0.0571. The summed E-state index contributed by atoms with van der Waals surface area (Å²) in [6.45, 7) is 8.91. The van der Waals surface area contributed by atoms with Crippen LogP contribution < -0.4 is 4.90 Å². The Morgan fingerprint density at radius 2 is 1.90 bits per heavy atom. The number of aromatic nitrogens is 2. The van der Waals surface area contributed by atoms with E-state index in [1.54, 1.807) is 40.4 Å². The molecule has 2 aromatic carbocycles. The molecule has 2 aromatic heterocycles. The Labute approximate surface area is 191 Å². The Bertz CT molecular complexity index is 1200. The van der Waals surface area contributed by atoms with Crippen LogP contribution in [0, 0.1) is 13.8 Å². The van der Waals surface area contributed by atoms with Gasteiger partial charge >= 0.3 is 0 Å². The molecule has 0 aliphatic carbocycles. The number of carbonyl (C=O) groups excluding carboxylic acids is 1. The van der Waals surface area contributed by atoms with Crippen molar-refractivity contribution in [2.45, 2.75) is 44.4 Å². The molecule has 158 valence electrons. The maximum Gasteiger partial charge on any atom is 0.260 e. The van der Waals surface area contributed by atoms with E-state index in [0.29, 0.717) is 22.5 Å². The SMILES string of the molecule is Cc1cc(C)c2sc(N(Cc3cccnc3)C(=O)c3ccc(SC(C)C)cc3)nc2c1. The highest BCUT2D eigenvalue weighted by Crippen LogP contribution is 2.34. The molecule has 0 aliphatic heterocycles. The fraction of sp³-hybridized carbons (Fsp3) is 0.240. The highest BCUT2D eigenvalue weighted by molar-refractivity contribution is 7.99. The Morgan fingerprint density at radius 3 is 2.58 bits per heavy atom. The zero-order chi connectivity index (χ0) is 22.0. The van der Waals surface area contributed by atoms with Gasteiger partial charge < -0.3 is 0 Å². The summed E-state index contributed by atoms with van der Waals surface area (Å²) >= 11 is 3.35. The molecule has 0 fully saturated rings. The van der Waals surface area contributed by atoms with Gasteiger partial charge in [0.15, 0.2) is 5.13 Å². The molecule has 0 atom stereocenters. The number of pyridine rings is 1. The van der Waals surface area contributed by atoms with Gasteiger partial charge in [-0.15, -0.1) is 11.8 Å². The average molecular weight is 448 g/mol. The number of hydrogen-bond donors (Lipinski definition) is 0. The molecule has 0 saturated carbocycles. The second-order valence-electron chi connectivity index (χ2n) is 7.87. The summed E-state index contributed by atoms with van der Waals surface area (Å²) in [5, 5.41) is 1.20. The molecule has 0 aliphatic rings. The largest absolute Gasteiger partial charge is 0.279 e. The van der Waals surface area contributed by atoms with Gasteiger partial charge in [-0.2, -0.15) is 0 Å². The van der Waals surface area contributed by atoms with Crippen molar-refractivity contribution in [1.82, 2.24) is 9.97 Å². The van der Waals surface area contributed by atoms with Crippen LogP contribution in [0.1, 0.15) is 40.9 Å². The molecular weight excluding hydrogens is 422 g/mol. The predicted octanol–water partition coefficient (Wildman–Crippen LogP) is 6.66. The van der Waals surface area contributed by atoms with Gasteiger partial charge in [-0.1, -0.05) is 37.3 Å². The summed E-state index contributed by atoms with van der Waals surface area (Å²) in [6.07, 6.45) is 3.54. The topological polar surface area (TPSA) is 46.1 Å². The highest BCUT2D eigenvalue weighted by Gasteiger charge is 2.22. The van der Waals surface area contributed by atoms with E-state index in [9.17, 15) is 4.79 Å². The monoisotopic (exact) mass is 447 g/mol. The van der Waals surface area contributed by atoms with Crippen LogP contribution >= 0.6 is 23.1 Å². The molecule has 0 spiro atoms. The fourth-order valence-corrected chi connectivity index (χ4v) is 5.34. The van der Waals surface area contributed by atoms with E-state index in [1.807, 2.05) is 36.4 Å². The Kier molecular flexibility index (Phi) is 6.39. The molecule has 0 bridgehead atoms. The van der Waals surface area contributed by atoms with Crippen molar-refractivity contribution in [2.24, 2.45) is 0 Å². The van der Waals surface area contributed by atoms with Crippen LogP contribution in [0.25, 0.3) is 10.2 Å². The predicted molar refractivity (Wildman–Crippen MR) is 131 cm³/mol. The molecule has 0 N–H and O–H groups in total. The van der Waals surface area contributed by atoms with Crippen molar-refractivity contribution >= 4 is 44.4 Å². The van der Waals surface area contributed by atoms with Crippen molar-refractivity contribution in [3.8, 4) is 0 Å². The summed E-state index contributed by atoms with van der Waals surface area (Å²) in [4.78, 5) is 25.6.